The fourth-order valence-corrected chi connectivity index (χ4v) is 2.56. The summed E-state index contributed by atoms with van der Waals surface area (Å²) in [4.78, 5) is 3.08. The highest BCUT2D eigenvalue weighted by molar-refractivity contribution is 7.12. The molecule has 0 fully saturated rings. The first-order valence-electron chi connectivity index (χ1n) is 4.62. The molecule has 1 aromatic heterocycles. The first-order valence-corrected chi connectivity index (χ1v) is 5.44. The molecule has 0 bridgehead atoms. The van der Waals surface area contributed by atoms with E-state index >= 15 is 0 Å². The van der Waals surface area contributed by atoms with Gasteiger partial charge in [-0.25, -0.2) is 0 Å². The van der Waals surface area contributed by atoms with Crippen LogP contribution in [0.1, 0.15) is 54.8 Å². The Labute approximate surface area is 79.6 Å². The van der Waals surface area contributed by atoms with Crippen LogP contribution < -0.4 is 0 Å². The Hall–Kier alpha value is -0.300. The summed E-state index contributed by atoms with van der Waals surface area (Å²) in [5, 5.41) is 0. The Morgan fingerprint density at radius 2 is 1.67 bits per heavy atom. The van der Waals surface area contributed by atoms with Gasteiger partial charge in [0.25, 0.3) is 0 Å². The van der Waals surface area contributed by atoms with Crippen molar-refractivity contribution in [2.24, 2.45) is 0 Å². The Morgan fingerprint density at radius 3 is 1.92 bits per heavy atom. The molecule has 1 rings (SSSR count). The van der Waals surface area contributed by atoms with Gasteiger partial charge in [0.15, 0.2) is 0 Å². The van der Waals surface area contributed by atoms with Gasteiger partial charge in [-0.3, -0.25) is 0 Å². The SMILES string of the molecule is Cc1cc(C(C)C)sc1C(C)C. The summed E-state index contributed by atoms with van der Waals surface area (Å²) >= 11 is 1.98. The number of rotatable bonds is 2. The minimum absolute atomic E-state index is 0.682. The summed E-state index contributed by atoms with van der Waals surface area (Å²) in [5.74, 6) is 1.36. The molecular formula is C11H18S. The molecule has 0 amide bonds. The Kier molecular flexibility index (Phi) is 2.94. The highest BCUT2D eigenvalue weighted by Gasteiger charge is 2.10. The largest absolute Gasteiger partial charge is 0.145 e. The average molecular weight is 182 g/mol. The number of aryl methyl sites for hydroxylation is 1. The van der Waals surface area contributed by atoms with Gasteiger partial charge in [-0.05, 0) is 30.4 Å². The topological polar surface area (TPSA) is 0 Å². The van der Waals surface area contributed by atoms with E-state index in [1.54, 1.807) is 4.88 Å². The number of hydrogen-bond donors (Lipinski definition) is 0. The smallest absolute Gasteiger partial charge is 0.0103 e. The lowest BCUT2D eigenvalue weighted by molar-refractivity contribution is 0.881. The fourth-order valence-electron chi connectivity index (χ4n) is 1.38. The van der Waals surface area contributed by atoms with Gasteiger partial charge in [-0.2, -0.15) is 0 Å². The highest BCUT2D eigenvalue weighted by Crippen LogP contribution is 2.32. The molecule has 68 valence electrons. The summed E-state index contributed by atoms with van der Waals surface area (Å²) in [7, 11) is 0. The van der Waals surface area contributed by atoms with Crippen molar-refractivity contribution in [3.63, 3.8) is 0 Å². The van der Waals surface area contributed by atoms with Gasteiger partial charge in [-0.1, -0.05) is 27.7 Å². The van der Waals surface area contributed by atoms with Gasteiger partial charge in [0.1, 0.15) is 0 Å². The van der Waals surface area contributed by atoms with E-state index < -0.39 is 0 Å². The van der Waals surface area contributed by atoms with Crippen LogP contribution in [0.15, 0.2) is 6.07 Å². The lowest BCUT2D eigenvalue weighted by atomic mass is 10.1. The normalized spacial score (nSPS) is 11.6. The Morgan fingerprint density at radius 1 is 1.08 bits per heavy atom. The van der Waals surface area contributed by atoms with Gasteiger partial charge < -0.3 is 0 Å². The van der Waals surface area contributed by atoms with E-state index in [0.717, 1.165) is 0 Å². The molecule has 0 unspecified atom stereocenters. The Bertz CT molecular complexity index is 256. The lowest BCUT2D eigenvalue weighted by Gasteiger charge is -2.01. The van der Waals surface area contributed by atoms with Crippen LogP contribution in [-0.4, -0.2) is 0 Å². The second kappa shape index (κ2) is 3.61. The number of thiophene rings is 1. The van der Waals surface area contributed by atoms with E-state index in [1.165, 1.54) is 10.4 Å². The highest BCUT2D eigenvalue weighted by atomic mass is 32.1. The lowest BCUT2D eigenvalue weighted by Crippen LogP contribution is -1.82. The van der Waals surface area contributed by atoms with Crippen LogP contribution in [0, 0.1) is 6.92 Å². The molecule has 0 atom stereocenters. The van der Waals surface area contributed by atoms with Crippen LogP contribution >= 0.6 is 11.3 Å². The van der Waals surface area contributed by atoms with E-state index in [0.29, 0.717) is 11.8 Å². The third-order valence-electron chi connectivity index (χ3n) is 2.07. The van der Waals surface area contributed by atoms with Crippen molar-refractivity contribution in [3.05, 3.63) is 21.4 Å². The van der Waals surface area contributed by atoms with E-state index in [1.807, 2.05) is 11.3 Å². The quantitative estimate of drug-likeness (QED) is 0.639. The number of hydrogen-bond acceptors (Lipinski definition) is 1. The first-order chi connectivity index (χ1) is 5.52. The zero-order valence-corrected chi connectivity index (χ0v) is 9.46. The van der Waals surface area contributed by atoms with Gasteiger partial charge in [0.05, 0.1) is 0 Å². The van der Waals surface area contributed by atoms with Gasteiger partial charge in [0, 0.05) is 9.75 Å². The minimum Gasteiger partial charge on any atom is -0.145 e. The summed E-state index contributed by atoms with van der Waals surface area (Å²) in [6.45, 7) is 11.3. The Balaban J connectivity index is 3.00. The molecule has 12 heavy (non-hydrogen) atoms. The predicted molar refractivity (Wildman–Crippen MR) is 57.2 cm³/mol. The predicted octanol–water partition coefficient (Wildman–Crippen LogP) is 4.30. The molecule has 0 saturated heterocycles. The standard InChI is InChI=1S/C11H18S/c1-7(2)10-6-9(5)11(12-10)8(3)4/h6-8H,1-5H3. The zero-order chi connectivity index (χ0) is 9.30. The molecule has 0 aliphatic carbocycles. The van der Waals surface area contributed by atoms with Gasteiger partial charge in [-0.15, -0.1) is 11.3 Å². The zero-order valence-electron chi connectivity index (χ0n) is 8.64. The van der Waals surface area contributed by atoms with E-state index in [-0.39, 0.29) is 0 Å². The average Bonchev–Trinajstić information content (AvgIpc) is 2.30. The van der Waals surface area contributed by atoms with Crippen molar-refractivity contribution in [2.45, 2.75) is 46.5 Å². The third-order valence-corrected chi connectivity index (χ3v) is 3.91. The molecule has 0 nitrogen and oxygen atoms in total. The minimum atomic E-state index is 0.682. The molecule has 0 N–H and O–H groups in total. The molecular weight excluding hydrogens is 164 g/mol. The summed E-state index contributed by atoms with van der Waals surface area (Å²) < 4.78 is 0. The van der Waals surface area contributed by atoms with Crippen molar-refractivity contribution >= 4 is 11.3 Å². The third kappa shape index (κ3) is 1.89. The fraction of sp³-hybridized carbons (Fsp3) is 0.636. The summed E-state index contributed by atoms with van der Waals surface area (Å²) in [5.41, 5.74) is 1.47. The molecule has 1 heterocycles. The van der Waals surface area contributed by atoms with E-state index in [4.69, 9.17) is 0 Å². The maximum absolute atomic E-state index is 2.34. The second-order valence-electron chi connectivity index (χ2n) is 4.01. The van der Waals surface area contributed by atoms with Crippen molar-refractivity contribution < 1.29 is 0 Å². The molecule has 0 spiro atoms. The molecule has 0 aliphatic heterocycles. The summed E-state index contributed by atoms with van der Waals surface area (Å²) in [6, 6.07) is 2.34. The van der Waals surface area contributed by atoms with Crippen LogP contribution in [-0.2, 0) is 0 Å². The van der Waals surface area contributed by atoms with Gasteiger partial charge >= 0.3 is 0 Å². The van der Waals surface area contributed by atoms with Crippen LogP contribution in [0.4, 0.5) is 0 Å². The van der Waals surface area contributed by atoms with Crippen molar-refractivity contribution in [2.75, 3.05) is 0 Å². The molecule has 0 saturated carbocycles. The summed E-state index contributed by atoms with van der Waals surface area (Å²) in [6.07, 6.45) is 0. The maximum atomic E-state index is 2.34. The van der Waals surface area contributed by atoms with E-state index in [9.17, 15) is 0 Å². The second-order valence-corrected chi connectivity index (χ2v) is 5.12. The first kappa shape index (κ1) is 9.79. The van der Waals surface area contributed by atoms with E-state index in [2.05, 4.69) is 40.7 Å². The molecule has 1 aromatic rings. The maximum Gasteiger partial charge on any atom is 0.0103 e. The molecule has 0 aliphatic rings. The molecule has 0 radical (unpaired) electrons. The molecule has 1 heteroatoms. The van der Waals surface area contributed by atoms with Crippen LogP contribution in [0.3, 0.4) is 0 Å². The molecule has 0 aromatic carbocycles. The van der Waals surface area contributed by atoms with Crippen molar-refractivity contribution in [1.29, 1.82) is 0 Å². The van der Waals surface area contributed by atoms with Crippen molar-refractivity contribution in [1.82, 2.24) is 0 Å². The van der Waals surface area contributed by atoms with Crippen LogP contribution in [0.5, 0.6) is 0 Å². The monoisotopic (exact) mass is 182 g/mol. The van der Waals surface area contributed by atoms with Gasteiger partial charge in [0.2, 0.25) is 0 Å². The van der Waals surface area contributed by atoms with Crippen LogP contribution in [0.25, 0.3) is 0 Å². The van der Waals surface area contributed by atoms with Crippen molar-refractivity contribution in [3.8, 4) is 0 Å². The van der Waals surface area contributed by atoms with Crippen LogP contribution in [0.2, 0.25) is 0 Å².